The van der Waals surface area contributed by atoms with Crippen LogP contribution in [0.25, 0.3) is 5.69 Å². The van der Waals surface area contributed by atoms with Crippen LogP contribution >= 0.6 is 0 Å². The lowest BCUT2D eigenvalue weighted by atomic mass is 10.1. The van der Waals surface area contributed by atoms with Crippen LogP contribution in [0.5, 0.6) is 0 Å². The lowest BCUT2D eigenvalue weighted by molar-refractivity contribution is -0.136. The van der Waals surface area contributed by atoms with Crippen LogP contribution in [0.2, 0.25) is 0 Å². The molecule has 110 valence electrons. The van der Waals surface area contributed by atoms with Crippen LogP contribution in [0.4, 0.5) is 0 Å². The van der Waals surface area contributed by atoms with E-state index < -0.39 is 5.97 Å². The Kier molecular flexibility index (Phi) is 3.91. The summed E-state index contributed by atoms with van der Waals surface area (Å²) in [6.07, 6.45) is 5.74. The van der Waals surface area contributed by atoms with E-state index in [-0.39, 0.29) is 6.42 Å². The van der Waals surface area contributed by atoms with Crippen LogP contribution in [0.1, 0.15) is 16.8 Å². The molecule has 0 saturated carbocycles. The molecule has 0 atom stereocenters. The molecular weight excluding hydrogens is 280 g/mol. The maximum Gasteiger partial charge on any atom is 0.309 e. The second-order valence-corrected chi connectivity index (χ2v) is 4.91. The van der Waals surface area contributed by atoms with Gasteiger partial charge in [0.15, 0.2) is 0 Å². The number of carbonyl (C=O) groups is 1. The average Bonchev–Trinajstić information content (AvgIpc) is 2.96. The zero-order chi connectivity index (χ0) is 15.4. The number of nitrogens with zero attached hydrogens (tertiary/aromatic N) is 4. The monoisotopic (exact) mass is 294 g/mol. The average molecular weight is 294 g/mol. The predicted octanol–water partition coefficient (Wildman–Crippen LogP) is 1.88. The SMILES string of the molecule is O=C(O)Cc1cnnn1-c1ccc(Cc2ccncc2)cc1. The largest absolute Gasteiger partial charge is 0.481 e. The Morgan fingerprint density at radius 3 is 2.41 bits per heavy atom. The van der Waals surface area contributed by atoms with E-state index in [2.05, 4.69) is 15.3 Å². The second-order valence-electron chi connectivity index (χ2n) is 4.91. The Hall–Kier alpha value is -3.02. The van der Waals surface area contributed by atoms with Gasteiger partial charge in [-0.1, -0.05) is 17.3 Å². The molecule has 0 fully saturated rings. The van der Waals surface area contributed by atoms with E-state index >= 15 is 0 Å². The number of rotatable bonds is 5. The number of carboxylic acids is 1. The van der Waals surface area contributed by atoms with Crippen molar-refractivity contribution in [3.05, 3.63) is 71.8 Å². The number of benzene rings is 1. The fraction of sp³-hybridized carbons (Fsp3) is 0.125. The molecule has 6 heteroatoms. The van der Waals surface area contributed by atoms with Crippen LogP contribution in [0.3, 0.4) is 0 Å². The fourth-order valence-electron chi connectivity index (χ4n) is 2.24. The van der Waals surface area contributed by atoms with Gasteiger partial charge in [0, 0.05) is 12.4 Å². The number of aromatic nitrogens is 4. The first-order valence-corrected chi connectivity index (χ1v) is 6.82. The van der Waals surface area contributed by atoms with Gasteiger partial charge in [-0.15, -0.1) is 5.10 Å². The number of hydrogen-bond donors (Lipinski definition) is 1. The summed E-state index contributed by atoms with van der Waals surface area (Å²) in [5, 5.41) is 16.6. The summed E-state index contributed by atoms with van der Waals surface area (Å²) in [7, 11) is 0. The van der Waals surface area contributed by atoms with Crippen molar-refractivity contribution in [2.24, 2.45) is 0 Å². The first-order chi connectivity index (χ1) is 10.7. The van der Waals surface area contributed by atoms with Gasteiger partial charge in [-0.3, -0.25) is 9.78 Å². The standard InChI is InChI=1S/C16H14N4O2/c21-16(22)10-15-11-18-19-20(15)14-3-1-12(2-4-14)9-13-5-7-17-8-6-13/h1-8,11H,9-10H2,(H,21,22). The minimum atomic E-state index is -0.905. The number of hydrogen-bond acceptors (Lipinski definition) is 4. The Bertz CT molecular complexity index is 766. The molecule has 3 aromatic rings. The van der Waals surface area contributed by atoms with Gasteiger partial charge >= 0.3 is 5.97 Å². The van der Waals surface area contributed by atoms with Crippen LogP contribution in [0.15, 0.2) is 55.0 Å². The van der Waals surface area contributed by atoms with Crippen molar-refractivity contribution in [3.8, 4) is 5.69 Å². The Morgan fingerprint density at radius 2 is 1.73 bits per heavy atom. The molecule has 0 aliphatic carbocycles. The normalized spacial score (nSPS) is 10.5. The Balaban J connectivity index is 1.80. The summed E-state index contributed by atoms with van der Waals surface area (Å²) in [6.45, 7) is 0. The molecule has 1 N–H and O–H groups in total. The van der Waals surface area contributed by atoms with Crippen molar-refractivity contribution in [1.29, 1.82) is 0 Å². The number of aliphatic carboxylic acids is 1. The van der Waals surface area contributed by atoms with Gasteiger partial charge in [-0.25, -0.2) is 4.68 Å². The lowest BCUT2D eigenvalue weighted by Gasteiger charge is -2.06. The van der Waals surface area contributed by atoms with Crippen molar-refractivity contribution in [2.75, 3.05) is 0 Å². The molecule has 0 bridgehead atoms. The molecule has 3 rings (SSSR count). The van der Waals surface area contributed by atoms with E-state index in [0.29, 0.717) is 5.69 Å². The number of carboxylic acid groups (broad SMARTS) is 1. The molecule has 0 saturated heterocycles. The molecule has 0 aliphatic heterocycles. The summed E-state index contributed by atoms with van der Waals surface area (Å²) >= 11 is 0. The summed E-state index contributed by atoms with van der Waals surface area (Å²) in [5.74, 6) is -0.905. The molecule has 0 aliphatic rings. The van der Waals surface area contributed by atoms with Gasteiger partial charge in [-0.2, -0.15) is 0 Å². The van der Waals surface area contributed by atoms with Crippen molar-refractivity contribution >= 4 is 5.97 Å². The predicted molar refractivity (Wildman–Crippen MR) is 79.7 cm³/mol. The Labute approximate surface area is 127 Å². The minimum Gasteiger partial charge on any atom is -0.481 e. The van der Waals surface area contributed by atoms with Gasteiger partial charge in [0.1, 0.15) is 0 Å². The van der Waals surface area contributed by atoms with Crippen LogP contribution in [0, 0.1) is 0 Å². The zero-order valence-electron chi connectivity index (χ0n) is 11.8. The maximum absolute atomic E-state index is 10.8. The highest BCUT2D eigenvalue weighted by Gasteiger charge is 2.10. The third-order valence-electron chi connectivity index (χ3n) is 3.29. The smallest absolute Gasteiger partial charge is 0.309 e. The van der Waals surface area contributed by atoms with Crippen molar-refractivity contribution in [1.82, 2.24) is 20.0 Å². The Morgan fingerprint density at radius 1 is 1.05 bits per heavy atom. The van der Waals surface area contributed by atoms with Gasteiger partial charge in [0.05, 0.1) is 24.0 Å². The van der Waals surface area contributed by atoms with Gasteiger partial charge in [0.2, 0.25) is 0 Å². The molecule has 2 aromatic heterocycles. The van der Waals surface area contributed by atoms with E-state index in [1.54, 1.807) is 17.1 Å². The fourth-order valence-corrected chi connectivity index (χ4v) is 2.24. The van der Waals surface area contributed by atoms with Crippen molar-refractivity contribution in [2.45, 2.75) is 12.8 Å². The van der Waals surface area contributed by atoms with E-state index in [4.69, 9.17) is 5.11 Å². The molecule has 0 spiro atoms. The minimum absolute atomic E-state index is 0.105. The van der Waals surface area contributed by atoms with Gasteiger partial charge in [-0.05, 0) is 41.8 Å². The molecule has 6 nitrogen and oxygen atoms in total. The van der Waals surface area contributed by atoms with Gasteiger partial charge < -0.3 is 5.11 Å². The molecule has 22 heavy (non-hydrogen) atoms. The lowest BCUT2D eigenvalue weighted by Crippen LogP contribution is -2.08. The highest BCUT2D eigenvalue weighted by molar-refractivity contribution is 5.69. The van der Waals surface area contributed by atoms with E-state index in [0.717, 1.165) is 17.7 Å². The molecule has 2 heterocycles. The molecule has 0 unspecified atom stereocenters. The summed E-state index contributed by atoms with van der Waals surface area (Å²) in [4.78, 5) is 14.8. The molecule has 0 amide bonds. The number of pyridine rings is 1. The van der Waals surface area contributed by atoms with Crippen molar-refractivity contribution in [3.63, 3.8) is 0 Å². The first-order valence-electron chi connectivity index (χ1n) is 6.82. The topological polar surface area (TPSA) is 80.9 Å². The first kappa shape index (κ1) is 13.9. The van der Waals surface area contributed by atoms with E-state index in [9.17, 15) is 4.79 Å². The van der Waals surface area contributed by atoms with Crippen LogP contribution < -0.4 is 0 Å². The van der Waals surface area contributed by atoms with Crippen LogP contribution in [-0.2, 0) is 17.6 Å². The van der Waals surface area contributed by atoms with E-state index in [1.807, 2.05) is 36.4 Å². The summed E-state index contributed by atoms with van der Waals surface area (Å²) < 4.78 is 1.55. The molecule has 0 radical (unpaired) electrons. The second kappa shape index (κ2) is 6.17. The maximum atomic E-state index is 10.8. The third-order valence-corrected chi connectivity index (χ3v) is 3.29. The van der Waals surface area contributed by atoms with Crippen LogP contribution in [-0.4, -0.2) is 31.1 Å². The van der Waals surface area contributed by atoms with Gasteiger partial charge in [0.25, 0.3) is 0 Å². The summed E-state index contributed by atoms with van der Waals surface area (Å²) in [6, 6.07) is 11.8. The quantitative estimate of drug-likeness (QED) is 0.777. The third kappa shape index (κ3) is 3.17. The molecular formula is C16H14N4O2. The van der Waals surface area contributed by atoms with Crippen molar-refractivity contribution < 1.29 is 9.90 Å². The zero-order valence-corrected chi connectivity index (χ0v) is 11.8. The van der Waals surface area contributed by atoms with E-state index in [1.165, 1.54) is 11.8 Å². The highest BCUT2D eigenvalue weighted by atomic mass is 16.4. The summed E-state index contributed by atoms with van der Waals surface area (Å²) in [5.41, 5.74) is 3.70. The molecule has 1 aromatic carbocycles. The highest BCUT2D eigenvalue weighted by Crippen LogP contribution is 2.14.